The van der Waals surface area contributed by atoms with Gasteiger partial charge in [0.1, 0.15) is 28.7 Å². The molecule has 1 N–H and O–H groups in total. The van der Waals surface area contributed by atoms with Crippen LogP contribution >= 0.6 is 0 Å². The molecule has 11 heteroatoms. The third-order valence-corrected chi connectivity index (χ3v) is 4.93. The minimum Gasteiger partial charge on any atom is -0.449 e. The molecule has 0 aliphatic carbocycles. The Hall–Kier alpha value is -4.02. The van der Waals surface area contributed by atoms with E-state index in [1.54, 1.807) is 45.9 Å². The zero-order chi connectivity index (χ0) is 27.5. The van der Waals surface area contributed by atoms with Crippen LogP contribution in [0.1, 0.15) is 45.9 Å². The highest BCUT2D eigenvalue weighted by molar-refractivity contribution is 5.85. The quantitative estimate of drug-likeness (QED) is 0.314. The topological polar surface area (TPSA) is 104 Å². The Labute approximate surface area is 210 Å². The SMILES string of the molecule is CCc1cc2c(=O)c(Oc3ccccc3)c(C(F)(F)F)oc2cc1OC(=O)[C@@H](C)NC(=O)OC(C)(C)C. The van der Waals surface area contributed by atoms with Crippen LogP contribution in [-0.4, -0.2) is 23.7 Å². The predicted octanol–water partition coefficient (Wildman–Crippen LogP) is 5.99. The summed E-state index contributed by atoms with van der Waals surface area (Å²) in [7, 11) is 0. The number of esters is 1. The van der Waals surface area contributed by atoms with E-state index < -0.39 is 52.4 Å². The highest BCUT2D eigenvalue weighted by Gasteiger charge is 2.40. The van der Waals surface area contributed by atoms with E-state index in [9.17, 15) is 27.6 Å². The summed E-state index contributed by atoms with van der Waals surface area (Å²) in [5.74, 6) is -3.64. The van der Waals surface area contributed by atoms with Gasteiger partial charge in [-0.1, -0.05) is 25.1 Å². The number of carbonyl (C=O) groups excluding carboxylic acids is 2. The number of rotatable bonds is 6. The summed E-state index contributed by atoms with van der Waals surface area (Å²) in [5, 5.41) is 2.14. The molecule has 1 atom stereocenters. The van der Waals surface area contributed by atoms with Crippen molar-refractivity contribution in [3.05, 3.63) is 64.0 Å². The molecular weight excluding hydrogens is 495 g/mol. The minimum absolute atomic E-state index is 0.0207. The van der Waals surface area contributed by atoms with Crippen LogP contribution in [0.5, 0.6) is 17.2 Å². The van der Waals surface area contributed by atoms with Crippen LogP contribution in [0.4, 0.5) is 18.0 Å². The van der Waals surface area contributed by atoms with Crippen molar-refractivity contribution >= 4 is 23.0 Å². The molecule has 3 rings (SSSR count). The van der Waals surface area contributed by atoms with Gasteiger partial charge in [-0.15, -0.1) is 0 Å². The van der Waals surface area contributed by atoms with Gasteiger partial charge in [-0.25, -0.2) is 9.59 Å². The highest BCUT2D eigenvalue weighted by atomic mass is 19.4. The smallest absolute Gasteiger partial charge is 0.449 e. The summed E-state index contributed by atoms with van der Waals surface area (Å²) in [4.78, 5) is 37.6. The fourth-order valence-corrected chi connectivity index (χ4v) is 3.25. The van der Waals surface area contributed by atoms with Crippen LogP contribution < -0.4 is 20.2 Å². The number of halogens is 3. The van der Waals surface area contributed by atoms with Gasteiger partial charge in [-0.2, -0.15) is 13.2 Å². The van der Waals surface area contributed by atoms with Crippen LogP contribution in [0.3, 0.4) is 0 Å². The summed E-state index contributed by atoms with van der Waals surface area (Å²) < 4.78 is 62.2. The maximum Gasteiger partial charge on any atom is 0.453 e. The number of alkyl carbamates (subject to hydrolysis) is 1. The Morgan fingerprint density at radius 3 is 2.30 bits per heavy atom. The number of carbonyl (C=O) groups is 2. The molecule has 8 nitrogen and oxygen atoms in total. The monoisotopic (exact) mass is 521 g/mol. The third kappa shape index (κ3) is 6.81. The minimum atomic E-state index is -5.05. The number of nitrogens with one attached hydrogen (secondary N) is 1. The molecule has 0 saturated carbocycles. The van der Waals surface area contributed by atoms with Gasteiger partial charge in [-0.3, -0.25) is 4.79 Å². The number of aryl methyl sites for hydroxylation is 1. The van der Waals surface area contributed by atoms with Gasteiger partial charge >= 0.3 is 18.2 Å². The predicted molar refractivity (Wildman–Crippen MR) is 128 cm³/mol. The van der Waals surface area contributed by atoms with Crippen LogP contribution in [0.2, 0.25) is 0 Å². The number of alkyl halides is 3. The van der Waals surface area contributed by atoms with E-state index in [1.165, 1.54) is 25.1 Å². The second-order valence-electron chi connectivity index (χ2n) is 9.10. The van der Waals surface area contributed by atoms with Gasteiger partial charge in [0.25, 0.3) is 5.76 Å². The fourth-order valence-electron chi connectivity index (χ4n) is 3.25. The first-order valence-electron chi connectivity index (χ1n) is 11.3. The molecule has 198 valence electrons. The summed E-state index contributed by atoms with van der Waals surface area (Å²) in [6.45, 7) is 8.01. The molecule has 1 heterocycles. The van der Waals surface area contributed by atoms with Gasteiger partial charge < -0.3 is 23.9 Å². The van der Waals surface area contributed by atoms with E-state index in [4.69, 9.17) is 18.6 Å². The first-order chi connectivity index (χ1) is 17.2. The zero-order valence-electron chi connectivity index (χ0n) is 20.8. The molecule has 0 unspecified atom stereocenters. The van der Waals surface area contributed by atoms with Gasteiger partial charge in [0.15, 0.2) is 0 Å². The third-order valence-electron chi connectivity index (χ3n) is 4.93. The largest absolute Gasteiger partial charge is 0.453 e. The molecule has 0 bridgehead atoms. The van der Waals surface area contributed by atoms with Crippen molar-refractivity contribution in [2.45, 2.75) is 58.9 Å². The van der Waals surface area contributed by atoms with Crippen LogP contribution in [0, 0.1) is 0 Å². The zero-order valence-corrected chi connectivity index (χ0v) is 20.8. The molecule has 2 aromatic carbocycles. The summed E-state index contributed by atoms with van der Waals surface area (Å²) in [6, 6.07) is 8.70. The van der Waals surface area contributed by atoms with Gasteiger partial charge in [0.2, 0.25) is 11.2 Å². The lowest BCUT2D eigenvalue weighted by Gasteiger charge is -2.21. The second kappa shape index (κ2) is 10.5. The van der Waals surface area contributed by atoms with E-state index in [0.29, 0.717) is 5.56 Å². The van der Waals surface area contributed by atoms with E-state index in [0.717, 1.165) is 6.07 Å². The van der Waals surface area contributed by atoms with Crippen molar-refractivity contribution in [3.8, 4) is 17.2 Å². The number of amides is 1. The van der Waals surface area contributed by atoms with Crippen molar-refractivity contribution in [1.29, 1.82) is 0 Å². The Bertz CT molecular complexity index is 1360. The van der Waals surface area contributed by atoms with Crippen LogP contribution in [0.25, 0.3) is 11.0 Å². The molecule has 3 aromatic rings. The standard InChI is InChI=1S/C26H26F3NO7/c1-6-15-12-17-19(13-18(15)36-23(32)14(2)30-24(33)37-25(3,4)5)35-22(26(27,28)29)21(20(17)31)34-16-10-8-7-9-11-16/h7-14H,6H2,1-5H3,(H,30,33)/t14-/m1/s1. The first kappa shape index (κ1) is 27.6. The molecule has 0 radical (unpaired) electrons. The van der Waals surface area contributed by atoms with Crippen molar-refractivity contribution in [3.63, 3.8) is 0 Å². The summed E-state index contributed by atoms with van der Waals surface area (Å²) in [6.07, 6.45) is -5.64. The Morgan fingerprint density at radius 1 is 1.08 bits per heavy atom. The highest BCUT2D eigenvalue weighted by Crippen LogP contribution is 2.39. The normalized spacial score (nSPS) is 12.6. The fraction of sp³-hybridized carbons (Fsp3) is 0.346. The van der Waals surface area contributed by atoms with Crippen molar-refractivity contribution in [2.75, 3.05) is 0 Å². The molecule has 1 amide bonds. The maximum atomic E-state index is 13.8. The van der Waals surface area contributed by atoms with E-state index in [-0.39, 0.29) is 23.3 Å². The van der Waals surface area contributed by atoms with Gasteiger partial charge in [-0.05, 0) is 57.9 Å². The Balaban J connectivity index is 2.00. The molecule has 0 saturated heterocycles. The van der Waals surface area contributed by atoms with E-state index in [1.807, 2.05) is 0 Å². The number of fused-ring (bicyclic) bond motifs is 1. The van der Waals surface area contributed by atoms with E-state index >= 15 is 0 Å². The maximum absolute atomic E-state index is 13.8. The average molecular weight is 521 g/mol. The molecule has 0 aliphatic rings. The second-order valence-corrected chi connectivity index (χ2v) is 9.10. The number of hydrogen-bond donors (Lipinski definition) is 1. The Kier molecular flexibility index (Phi) is 7.85. The lowest BCUT2D eigenvalue weighted by Crippen LogP contribution is -2.43. The number of benzene rings is 2. The number of ether oxygens (including phenoxy) is 3. The number of hydrogen-bond acceptors (Lipinski definition) is 7. The lowest BCUT2D eigenvalue weighted by atomic mass is 10.1. The molecule has 1 aromatic heterocycles. The van der Waals surface area contributed by atoms with Crippen LogP contribution in [-0.2, 0) is 22.1 Å². The van der Waals surface area contributed by atoms with E-state index in [2.05, 4.69) is 5.32 Å². The van der Waals surface area contributed by atoms with Crippen molar-refractivity contribution < 1.29 is 41.4 Å². The van der Waals surface area contributed by atoms with Crippen molar-refractivity contribution in [2.24, 2.45) is 0 Å². The Morgan fingerprint density at radius 2 is 1.73 bits per heavy atom. The van der Waals surface area contributed by atoms with Gasteiger partial charge in [0.05, 0.1) is 5.39 Å². The van der Waals surface area contributed by atoms with Crippen molar-refractivity contribution in [1.82, 2.24) is 5.32 Å². The molecular formula is C26H26F3NO7. The molecule has 0 fully saturated rings. The van der Waals surface area contributed by atoms with Crippen LogP contribution in [0.15, 0.2) is 51.7 Å². The van der Waals surface area contributed by atoms with Gasteiger partial charge in [0, 0.05) is 6.07 Å². The lowest BCUT2D eigenvalue weighted by molar-refractivity contribution is -0.154. The summed E-state index contributed by atoms with van der Waals surface area (Å²) >= 11 is 0. The summed E-state index contributed by atoms with van der Waals surface area (Å²) in [5.41, 5.74) is -1.93. The number of para-hydroxylation sites is 1. The molecule has 37 heavy (non-hydrogen) atoms. The first-order valence-corrected chi connectivity index (χ1v) is 11.3. The molecule has 0 aliphatic heterocycles. The average Bonchev–Trinajstić information content (AvgIpc) is 2.79. The molecule has 0 spiro atoms.